The Hall–Kier alpha value is -1.59. The molecule has 0 fully saturated rings. The third kappa shape index (κ3) is 3.44. The van der Waals surface area contributed by atoms with Gasteiger partial charge in [-0.15, -0.1) is 0 Å². The molecule has 1 unspecified atom stereocenters. The van der Waals surface area contributed by atoms with Crippen LogP contribution in [-0.4, -0.2) is 40.5 Å². The van der Waals surface area contributed by atoms with Crippen molar-refractivity contribution in [3.8, 4) is 0 Å². The van der Waals surface area contributed by atoms with Gasteiger partial charge in [0, 0.05) is 13.0 Å². The van der Waals surface area contributed by atoms with Crippen molar-refractivity contribution in [2.45, 2.75) is 19.4 Å². The van der Waals surface area contributed by atoms with E-state index in [1.165, 1.54) is 6.07 Å². The van der Waals surface area contributed by atoms with Gasteiger partial charge in [0.15, 0.2) is 0 Å². The predicted molar refractivity (Wildman–Crippen MR) is 64.4 cm³/mol. The maximum absolute atomic E-state index is 11.1. The summed E-state index contributed by atoms with van der Waals surface area (Å²) in [5.74, 6) is -1.01. The van der Waals surface area contributed by atoms with E-state index < -0.39 is 12.1 Å². The average molecular weight is 239 g/mol. The number of hydrogen-bond acceptors (Lipinski definition) is 4. The van der Waals surface area contributed by atoms with Crippen molar-refractivity contribution in [3.05, 3.63) is 29.3 Å². The zero-order chi connectivity index (χ0) is 12.8. The molecule has 1 atom stereocenters. The minimum atomic E-state index is -1.01. The van der Waals surface area contributed by atoms with Crippen LogP contribution in [0.4, 0.5) is 5.69 Å². The molecule has 0 aliphatic rings. The number of nitrogens with one attached hydrogen (secondary N) is 1. The molecule has 17 heavy (non-hydrogen) atoms. The first kappa shape index (κ1) is 13.5. The van der Waals surface area contributed by atoms with Crippen LogP contribution in [0.15, 0.2) is 18.2 Å². The van der Waals surface area contributed by atoms with Crippen LogP contribution in [0.25, 0.3) is 0 Å². The lowest BCUT2D eigenvalue weighted by Crippen LogP contribution is -2.17. The van der Waals surface area contributed by atoms with E-state index in [1.54, 1.807) is 12.1 Å². The fraction of sp³-hybridized carbons (Fsp3) is 0.417. The molecule has 4 N–H and O–H groups in total. The molecule has 0 aromatic heterocycles. The summed E-state index contributed by atoms with van der Waals surface area (Å²) in [6, 6.07) is 4.88. The average Bonchev–Trinajstić information content (AvgIpc) is 2.31. The number of rotatable bonds is 6. The summed E-state index contributed by atoms with van der Waals surface area (Å²) < 4.78 is 0. The molecule has 0 spiro atoms. The molecule has 0 bridgehead atoms. The van der Waals surface area contributed by atoms with Gasteiger partial charge in [-0.3, -0.25) is 0 Å². The normalized spacial score (nSPS) is 12.2. The Morgan fingerprint density at radius 2 is 2.18 bits per heavy atom. The largest absolute Gasteiger partial charge is 0.478 e. The Morgan fingerprint density at radius 1 is 1.47 bits per heavy atom. The van der Waals surface area contributed by atoms with Gasteiger partial charge in [-0.05, 0) is 18.6 Å². The van der Waals surface area contributed by atoms with E-state index >= 15 is 0 Å². The lowest BCUT2D eigenvalue weighted by atomic mass is 10.0. The molecule has 0 aliphatic heterocycles. The van der Waals surface area contributed by atoms with Gasteiger partial charge in [-0.1, -0.05) is 12.1 Å². The fourth-order valence-electron chi connectivity index (χ4n) is 1.65. The zero-order valence-electron chi connectivity index (χ0n) is 9.68. The minimum Gasteiger partial charge on any atom is -0.478 e. The molecule has 0 saturated carbocycles. The highest BCUT2D eigenvalue weighted by atomic mass is 16.4. The molecule has 1 rings (SSSR count). The second-order valence-corrected chi connectivity index (χ2v) is 3.72. The number of carboxylic acid groups (broad SMARTS) is 1. The molecule has 5 heteroatoms. The first-order chi connectivity index (χ1) is 8.10. The van der Waals surface area contributed by atoms with Crippen molar-refractivity contribution in [1.29, 1.82) is 0 Å². The molecule has 1 aromatic carbocycles. The van der Waals surface area contributed by atoms with E-state index in [0.29, 0.717) is 17.8 Å². The first-order valence-corrected chi connectivity index (χ1v) is 5.48. The number of aliphatic hydroxyl groups is 2. The SMILES string of the molecule is CCNc1c(CC(O)CO)cccc1C(=O)O. The van der Waals surface area contributed by atoms with Gasteiger partial charge in [0.25, 0.3) is 0 Å². The molecule has 0 radical (unpaired) electrons. The first-order valence-electron chi connectivity index (χ1n) is 5.48. The molecular formula is C12H17NO4. The minimum absolute atomic E-state index is 0.175. The van der Waals surface area contributed by atoms with Gasteiger partial charge in [0.1, 0.15) is 0 Å². The summed E-state index contributed by atoms with van der Waals surface area (Å²) in [5.41, 5.74) is 1.37. The zero-order valence-corrected chi connectivity index (χ0v) is 9.68. The number of benzene rings is 1. The van der Waals surface area contributed by atoms with Crippen LogP contribution >= 0.6 is 0 Å². The summed E-state index contributed by atoms with van der Waals surface area (Å²) in [6.45, 7) is 2.11. The van der Waals surface area contributed by atoms with E-state index in [0.717, 1.165) is 0 Å². The maximum atomic E-state index is 11.1. The van der Waals surface area contributed by atoms with Crippen LogP contribution in [0, 0.1) is 0 Å². The molecule has 0 aliphatic carbocycles. The standard InChI is InChI=1S/C12H17NO4/c1-2-13-11-8(6-9(15)7-14)4-3-5-10(11)12(16)17/h3-5,9,13-15H,2,6-7H2,1H3,(H,16,17). The van der Waals surface area contributed by atoms with Crippen molar-refractivity contribution in [1.82, 2.24) is 0 Å². The summed E-state index contributed by atoms with van der Waals surface area (Å²) in [4.78, 5) is 11.1. The van der Waals surface area contributed by atoms with Gasteiger partial charge in [-0.2, -0.15) is 0 Å². The number of para-hydroxylation sites is 1. The van der Waals surface area contributed by atoms with E-state index in [9.17, 15) is 9.90 Å². The summed E-state index contributed by atoms with van der Waals surface area (Å²) in [6.07, 6.45) is -0.656. The molecular weight excluding hydrogens is 222 g/mol. The second kappa shape index (κ2) is 6.22. The molecule has 0 heterocycles. The second-order valence-electron chi connectivity index (χ2n) is 3.72. The topological polar surface area (TPSA) is 89.8 Å². The summed E-state index contributed by atoms with van der Waals surface area (Å²) >= 11 is 0. The quantitative estimate of drug-likeness (QED) is 0.587. The van der Waals surface area contributed by atoms with Crippen LogP contribution in [0.1, 0.15) is 22.8 Å². The number of carbonyl (C=O) groups is 1. The highest BCUT2D eigenvalue weighted by Crippen LogP contribution is 2.22. The van der Waals surface area contributed by atoms with Crippen LogP contribution in [0.3, 0.4) is 0 Å². The summed E-state index contributed by atoms with van der Waals surface area (Å²) in [5, 5.41) is 30.3. The smallest absolute Gasteiger partial charge is 0.337 e. The molecule has 0 saturated heterocycles. The van der Waals surface area contributed by atoms with Crippen LogP contribution < -0.4 is 5.32 Å². The Bertz CT molecular complexity index is 392. The maximum Gasteiger partial charge on any atom is 0.337 e. The van der Waals surface area contributed by atoms with Crippen molar-refractivity contribution < 1.29 is 20.1 Å². The van der Waals surface area contributed by atoms with E-state index in [-0.39, 0.29) is 18.6 Å². The Morgan fingerprint density at radius 3 is 2.71 bits per heavy atom. The number of aromatic carboxylic acids is 1. The molecule has 0 amide bonds. The number of anilines is 1. The van der Waals surface area contributed by atoms with Gasteiger partial charge < -0.3 is 20.6 Å². The van der Waals surface area contributed by atoms with Crippen molar-refractivity contribution in [2.24, 2.45) is 0 Å². The van der Waals surface area contributed by atoms with Crippen molar-refractivity contribution in [2.75, 3.05) is 18.5 Å². The van der Waals surface area contributed by atoms with E-state index in [1.807, 2.05) is 6.92 Å². The number of hydrogen-bond donors (Lipinski definition) is 4. The predicted octanol–water partition coefficient (Wildman–Crippen LogP) is 0.712. The van der Waals surface area contributed by atoms with Gasteiger partial charge >= 0.3 is 5.97 Å². The van der Waals surface area contributed by atoms with Gasteiger partial charge in [0.2, 0.25) is 0 Å². The van der Waals surface area contributed by atoms with Crippen LogP contribution in [-0.2, 0) is 6.42 Å². The third-order valence-corrected chi connectivity index (χ3v) is 2.40. The highest BCUT2D eigenvalue weighted by molar-refractivity contribution is 5.95. The Balaban J connectivity index is 3.10. The Labute approximate surface area is 99.7 Å². The molecule has 1 aromatic rings. The number of carboxylic acids is 1. The Kier molecular flexibility index (Phi) is 4.93. The monoisotopic (exact) mass is 239 g/mol. The lowest BCUT2D eigenvalue weighted by molar-refractivity contribution is 0.0697. The molecule has 5 nitrogen and oxygen atoms in total. The van der Waals surface area contributed by atoms with Crippen molar-refractivity contribution >= 4 is 11.7 Å². The highest BCUT2D eigenvalue weighted by Gasteiger charge is 2.15. The third-order valence-electron chi connectivity index (χ3n) is 2.40. The summed E-state index contributed by atoms with van der Waals surface area (Å²) in [7, 11) is 0. The molecule has 94 valence electrons. The van der Waals surface area contributed by atoms with Crippen LogP contribution in [0.2, 0.25) is 0 Å². The fourth-order valence-corrected chi connectivity index (χ4v) is 1.65. The van der Waals surface area contributed by atoms with E-state index in [4.69, 9.17) is 10.2 Å². The van der Waals surface area contributed by atoms with Crippen LogP contribution in [0.5, 0.6) is 0 Å². The van der Waals surface area contributed by atoms with E-state index in [2.05, 4.69) is 5.32 Å². The lowest BCUT2D eigenvalue weighted by Gasteiger charge is -2.15. The van der Waals surface area contributed by atoms with Gasteiger partial charge in [-0.25, -0.2) is 4.79 Å². The van der Waals surface area contributed by atoms with Gasteiger partial charge in [0.05, 0.1) is 24.0 Å². The van der Waals surface area contributed by atoms with Crippen molar-refractivity contribution in [3.63, 3.8) is 0 Å². The number of aliphatic hydroxyl groups excluding tert-OH is 2.